The molecule has 0 fully saturated rings. The van der Waals surface area contributed by atoms with E-state index in [1.165, 1.54) is 57.8 Å². The van der Waals surface area contributed by atoms with E-state index < -0.39 is 26.5 Å². The monoisotopic (exact) mass is 837 g/mol. The molecule has 0 heterocycles. The zero-order valence-electron chi connectivity index (χ0n) is 37.8. The molecule has 0 aliphatic heterocycles. The van der Waals surface area contributed by atoms with Crippen molar-refractivity contribution in [1.82, 2.24) is 0 Å². The SMILES string of the molecule is CC/C=C/C/C=C/C/C=C/CCCCCCCC(=O)OC[C@H](COP(=O)(O)OCC[N+](C)(C)C)OC(=O)CCCCCCCCCCC/C=C/C/C=C/CCCCC. The van der Waals surface area contributed by atoms with Crippen molar-refractivity contribution in [3.05, 3.63) is 60.8 Å². The van der Waals surface area contributed by atoms with Gasteiger partial charge in [-0.2, -0.15) is 0 Å². The van der Waals surface area contributed by atoms with E-state index in [1.54, 1.807) is 0 Å². The van der Waals surface area contributed by atoms with Crippen LogP contribution in [0.1, 0.15) is 181 Å². The summed E-state index contributed by atoms with van der Waals surface area (Å²) in [4.78, 5) is 35.4. The molecule has 0 spiro atoms. The summed E-state index contributed by atoms with van der Waals surface area (Å²) in [6.45, 7) is 4.26. The van der Waals surface area contributed by atoms with Crippen molar-refractivity contribution in [2.45, 2.75) is 187 Å². The van der Waals surface area contributed by atoms with E-state index in [0.717, 1.165) is 83.5 Å². The van der Waals surface area contributed by atoms with Crippen LogP contribution in [0.5, 0.6) is 0 Å². The van der Waals surface area contributed by atoms with Crippen molar-refractivity contribution in [3.63, 3.8) is 0 Å². The van der Waals surface area contributed by atoms with Crippen LogP contribution < -0.4 is 0 Å². The van der Waals surface area contributed by atoms with Gasteiger partial charge in [0.2, 0.25) is 0 Å². The van der Waals surface area contributed by atoms with Gasteiger partial charge in [-0.25, -0.2) is 4.57 Å². The number of phosphoric ester groups is 1. The highest BCUT2D eigenvalue weighted by atomic mass is 31.2. The smallest absolute Gasteiger partial charge is 0.462 e. The first-order chi connectivity index (χ1) is 28.0. The number of hydrogen-bond donors (Lipinski definition) is 1. The Morgan fingerprint density at radius 2 is 0.983 bits per heavy atom. The number of esters is 2. The van der Waals surface area contributed by atoms with Gasteiger partial charge in [-0.15, -0.1) is 0 Å². The topological polar surface area (TPSA) is 108 Å². The van der Waals surface area contributed by atoms with Crippen LogP contribution in [-0.2, 0) is 32.7 Å². The Bertz CT molecular complexity index is 1170. The molecule has 9 nitrogen and oxygen atoms in total. The van der Waals surface area contributed by atoms with Crippen molar-refractivity contribution in [2.75, 3.05) is 47.5 Å². The van der Waals surface area contributed by atoms with Crippen LogP contribution in [0.4, 0.5) is 0 Å². The molecule has 0 aliphatic carbocycles. The minimum atomic E-state index is -4.38. The van der Waals surface area contributed by atoms with Gasteiger partial charge in [0.25, 0.3) is 0 Å². The van der Waals surface area contributed by atoms with E-state index in [9.17, 15) is 19.0 Å². The largest absolute Gasteiger partial charge is 0.472 e. The van der Waals surface area contributed by atoms with Crippen LogP contribution in [0.25, 0.3) is 0 Å². The van der Waals surface area contributed by atoms with Crippen LogP contribution in [0, 0.1) is 0 Å². The number of rotatable bonds is 41. The lowest BCUT2D eigenvalue weighted by Crippen LogP contribution is -2.37. The third-order valence-corrected chi connectivity index (χ3v) is 10.5. The number of quaternary nitrogens is 1. The van der Waals surface area contributed by atoms with Crippen molar-refractivity contribution in [1.29, 1.82) is 0 Å². The Morgan fingerprint density at radius 1 is 0.552 bits per heavy atom. The van der Waals surface area contributed by atoms with Crippen LogP contribution in [0.2, 0.25) is 0 Å². The summed E-state index contributed by atoms with van der Waals surface area (Å²) in [5.41, 5.74) is 0. The highest BCUT2D eigenvalue weighted by Crippen LogP contribution is 2.43. The molecule has 0 radical (unpaired) electrons. The Balaban J connectivity index is 4.35. The van der Waals surface area contributed by atoms with Gasteiger partial charge in [-0.3, -0.25) is 18.6 Å². The Morgan fingerprint density at radius 3 is 1.47 bits per heavy atom. The zero-order valence-corrected chi connectivity index (χ0v) is 38.7. The molecule has 0 bridgehead atoms. The molecule has 1 unspecified atom stereocenters. The van der Waals surface area contributed by atoms with Gasteiger partial charge >= 0.3 is 19.8 Å². The van der Waals surface area contributed by atoms with E-state index in [0.29, 0.717) is 23.9 Å². The second kappa shape index (κ2) is 40.1. The fourth-order valence-corrected chi connectivity index (χ4v) is 6.68. The molecule has 0 aromatic rings. The van der Waals surface area contributed by atoms with Crippen LogP contribution >= 0.6 is 7.82 Å². The molecule has 0 aliphatic rings. The number of carbonyl (C=O) groups excluding carboxylic acids is 2. The summed E-state index contributed by atoms with van der Waals surface area (Å²) >= 11 is 0. The van der Waals surface area contributed by atoms with Crippen molar-refractivity contribution in [3.8, 4) is 0 Å². The molecule has 0 saturated heterocycles. The summed E-state index contributed by atoms with van der Waals surface area (Å²) in [5.74, 6) is -0.825. The second-order valence-corrected chi connectivity index (χ2v) is 17.9. The van der Waals surface area contributed by atoms with E-state index in [1.807, 2.05) is 21.1 Å². The predicted octanol–water partition coefficient (Wildman–Crippen LogP) is 13.2. The average Bonchev–Trinajstić information content (AvgIpc) is 3.17. The lowest BCUT2D eigenvalue weighted by Gasteiger charge is -2.24. The molecule has 10 heteroatoms. The fourth-order valence-electron chi connectivity index (χ4n) is 5.94. The molecule has 2 atom stereocenters. The van der Waals surface area contributed by atoms with Gasteiger partial charge in [0.1, 0.15) is 19.8 Å². The molecular weight excluding hydrogens is 750 g/mol. The second-order valence-electron chi connectivity index (χ2n) is 16.4. The average molecular weight is 837 g/mol. The highest BCUT2D eigenvalue weighted by Gasteiger charge is 2.27. The lowest BCUT2D eigenvalue weighted by molar-refractivity contribution is -0.870. The quantitative estimate of drug-likeness (QED) is 0.0213. The minimum Gasteiger partial charge on any atom is -0.462 e. The molecule has 58 heavy (non-hydrogen) atoms. The first-order valence-electron chi connectivity index (χ1n) is 23.0. The Hall–Kier alpha value is -2.29. The van der Waals surface area contributed by atoms with Crippen molar-refractivity contribution >= 4 is 19.8 Å². The molecule has 0 aromatic carbocycles. The number of likely N-dealkylation sites (N-methyl/N-ethyl adjacent to an activating group) is 1. The predicted molar refractivity (Wildman–Crippen MR) is 243 cm³/mol. The summed E-state index contributed by atoms with van der Waals surface area (Å²) in [7, 11) is 1.46. The molecule has 0 aromatic heterocycles. The standard InChI is InChI=1S/C48H86NO8P/c1-6-8-10-12-14-16-18-20-22-23-24-25-27-29-31-33-35-37-39-41-48(51)57-46(45-56-58(52,53)55-43-42-49(3,4)5)44-54-47(50)40-38-36-34-32-30-28-26-21-19-17-15-13-11-9-7-2/h9,11,14-17,20-22,26,46H,6-8,10,12-13,18-19,23-25,27-45H2,1-5H3/p+1/b11-9+,16-14+,17-15+,22-20+,26-21+/t46-/m1/s1. The molecule has 336 valence electrons. The fraction of sp³-hybridized carbons (Fsp3) is 0.750. The molecule has 1 N–H and O–H groups in total. The molecule has 0 saturated carbocycles. The zero-order chi connectivity index (χ0) is 42.8. The number of nitrogens with zero attached hydrogens (tertiary/aromatic N) is 1. The van der Waals surface area contributed by atoms with Crippen LogP contribution in [0.15, 0.2) is 60.8 Å². The first kappa shape index (κ1) is 55.7. The Kier molecular flexibility index (Phi) is 38.5. The molecule has 0 amide bonds. The normalized spacial score (nSPS) is 14.1. The third-order valence-electron chi connectivity index (χ3n) is 9.53. The van der Waals surface area contributed by atoms with Gasteiger partial charge in [0.05, 0.1) is 27.7 Å². The van der Waals surface area contributed by atoms with E-state index in [-0.39, 0.29) is 32.0 Å². The van der Waals surface area contributed by atoms with Gasteiger partial charge < -0.3 is 18.9 Å². The number of unbranched alkanes of at least 4 members (excludes halogenated alkanes) is 17. The van der Waals surface area contributed by atoms with Crippen molar-refractivity contribution < 1.29 is 42.1 Å². The summed E-state index contributed by atoms with van der Waals surface area (Å²) in [5, 5.41) is 0. The summed E-state index contributed by atoms with van der Waals surface area (Å²) in [6.07, 6.45) is 48.3. The number of allylic oxidation sites excluding steroid dienone is 10. The van der Waals surface area contributed by atoms with E-state index >= 15 is 0 Å². The lowest BCUT2D eigenvalue weighted by atomic mass is 10.1. The minimum absolute atomic E-state index is 0.0254. The van der Waals surface area contributed by atoms with Gasteiger partial charge in [-0.1, -0.05) is 152 Å². The van der Waals surface area contributed by atoms with E-state index in [4.69, 9.17) is 18.5 Å². The maximum absolute atomic E-state index is 12.7. The number of phosphoric acid groups is 1. The molecule has 0 rings (SSSR count). The third kappa shape index (κ3) is 43.3. The number of hydrogen-bond acceptors (Lipinski definition) is 7. The summed E-state index contributed by atoms with van der Waals surface area (Å²) < 4.78 is 34.3. The summed E-state index contributed by atoms with van der Waals surface area (Å²) in [6, 6.07) is 0. The van der Waals surface area contributed by atoms with Gasteiger partial charge in [0.15, 0.2) is 6.10 Å². The van der Waals surface area contributed by atoms with E-state index in [2.05, 4.69) is 74.6 Å². The Labute approximate surface area is 356 Å². The number of carbonyl (C=O) groups is 2. The highest BCUT2D eigenvalue weighted by molar-refractivity contribution is 7.47. The molecular formula is C48H87NO8P+. The maximum atomic E-state index is 12.7. The van der Waals surface area contributed by atoms with Crippen molar-refractivity contribution in [2.24, 2.45) is 0 Å². The van der Waals surface area contributed by atoms with Gasteiger partial charge in [0, 0.05) is 12.8 Å². The maximum Gasteiger partial charge on any atom is 0.472 e. The number of ether oxygens (including phenoxy) is 2. The van der Waals surface area contributed by atoms with Gasteiger partial charge in [-0.05, 0) is 77.0 Å². The van der Waals surface area contributed by atoms with Crippen LogP contribution in [-0.4, -0.2) is 74.9 Å². The first-order valence-corrected chi connectivity index (χ1v) is 24.5. The van der Waals surface area contributed by atoms with Crippen LogP contribution in [0.3, 0.4) is 0 Å².